The Labute approximate surface area is 206 Å². The smallest absolute Gasteiger partial charge is 0.550 e. The Balaban J connectivity index is -0.000000174. The first-order valence-corrected chi connectivity index (χ1v) is 7.61. The molecule has 0 aliphatic carbocycles. The fourth-order valence-corrected chi connectivity index (χ4v) is 1.17. The summed E-state index contributed by atoms with van der Waals surface area (Å²) in [6, 6.07) is 0. The maximum atomic E-state index is 10.4. The van der Waals surface area contributed by atoms with Crippen LogP contribution in [-0.4, -0.2) is 57.1 Å². The third-order valence-electron chi connectivity index (χ3n) is 2.50. The summed E-state index contributed by atoms with van der Waals surface area (Å²) in [7, 11) is 3.47. The number of rotatable bonds is 9. The van der Waals surface area contributed by atoms with E-state index in [0.29, 0.717) is 0 Å². The zero-order chi connectivity index (χ0) is 24.4. The van der Waals surface area contributed by atoms with Crippen LogP contribution in [0.2, 0.25) is 0 Å². The number of methoxy groups -OCH3 is 3. The SMILES string of the molecule is C=C(CC(=O)[O-])C(=O)OC.C=C(CC(=O)[O-])C(=O)OC.C=C(CC(=O)[O-])C(=O)OC.[La+3]. The first-order valence-electron chi connectivity index (χ1n) is 7.61. The van der Waals surface area contributed by atoms with Crippen molar-refractivity contribution in [1.29, 1.82) is 0 Å². The predicted octanol–water partition coefficient (Wildman–Crippen LogP) is -3.43. The standard InChI is InChI=1S/3C6H8O4.La/c3*1-4(3-5(7)8)6(9)10-2;/h3*1,3H2,2H3,(H,7,8);/q;;;+3/p-3. The van der Waals surface area contributed by atoms with Gasteiger partial charge in [-0.15, -0.1) is 0 Å². The van der Waals surface area contributed by atoms with Crippen LogP contribution in [0.25, 0.3) is 0 Å². The summed E-state index contributed by atoms with van der Waals surface area (Å²) in [6.07, 6.45) is -1.44. The van der Waals surface area contributed by atoms with Gasteiger partial charge in [0.1, 0.15) is 0 Å². The van der Waals surface area contributed by atoms with Crippen LogP contribution in [0.3, 0.4) is 0 Å². The molecule has 0 amide bonds. The molecule has 0 aromatic rings. The Bertz CT molecular complexity index is 613. The van der Waals surface area contributed by atoms with Gasteiger partial charge in [-0.3, -0.25) is 0 Å². The summed E-state index contributed by atoms with van der Waals surface area (Å²) >= 11 is 0. The molecule has 0 aromatic carbocycles. The molecular formula is C18H21LaO12. The maximum absolute atomic E-state index is 10.4. The van der Waals surface area contributed by atoms with E-state index in [1.807, 2.05) is 0 Å². The average molecular weight is 568 g/mol. The molecule has 0 saturated carbocycles. The van der Waals surface area contributed by atoms with Gasteiger partial charge in [-0.2, -0.15) is 0 Å². The summed E-state index contributed by atoms with van der Waals surface area (Å²) < 4.78 is 12.5. The van der Waals surface area contributed by atoms with Crippen molar-refractivity contribution in [1.82, 2.24) is 0 Å². The summed E-state index contributed by atoms with van der Waals surface area (Å²) in [5.74, 6) is -6.17. The van der Waals surface area contributed by atoms with Gasteiger partial charge in [0.05, 0.1) is 21.3 Å². The Morgan fingerprint density at radius 2 is 0.710 bits per heavy atom. The minimum Gasteiger partial charge on any atom is -0.550 e. The van der Waals surface area contributed by atoms with Crippen molar-refractivity contribution in [2.75, 3.05) is 21.3 Å². The van der Waals surface area contributed by atoms with Crippen LogP contribution < -0.4 is 15.3 Å². The van der Waals surface area contributed by atoms with Crippen LogP contribution in [0, 0.1) is 35.6 Å². The molecule has 0 unspecified atom stereocenters. The molecule has 0 bridgehead atoms. The quantitative estimate of drug-likeness (QED) is 0.152. The summed E-state index contributed by atoms with van der Waals surface area (Å²) in [4.78, 5) is 60.9. The molecule has 0 heterocycles. The minimum atomic E-state index is -1.34. The Kier molecular flexibility index (Phi) is 23.6. The Morgan fingerprint density at radius 3 is 0.806 bits per heavy atom. The molecule has 13 heteroatoms. The van der Waals surface area contributed by atoms with Crippen molar-refractivity contribution in [2.45, 2.75) is 19.3 Å². The van der Waals surface area contributed by atoms with Gasteiger partial charge < -0.3 is 43.9 Å². The second-order valence-electron chi connectivity index (χ2n) is 4.93. The van der Waals surface area contributed by atoms with Crippen molar-refractivity contribution in [3.63, 3.8) is 0 Å². The van der Waals surface area contributed by atoms with Gasteiger partial charge in [-0.1, -0.05) is 19.7 Å². The van der Waals surface area contributed by atoms with E-state index in [-0.39, 0.29) is 52.3 Å². The molecule has 0 atom stereocenters. The van der Waals surface area contributed by atoms with Crippen molar-refractivity contribution in [3.8, 4) is 0 Å². The van der Waals surface area contributed by atoms with Gasteiger partial charge in [-0.05, 0) is 0 Å². The van der Waals surface area contributed by atoms with Crippen molar-refractivity contribution < 1.29 is 93.9 Å². The minimum absolute atomic E-state index is 0. The van der Waals surface area contributed by atoms with E-state index in [0.717, 1.165) is 21.3 Å². The zero-order valence-electron chi connectivity index (χ0n) is 17.2. The van der Waals surface area contributed by atoms with Gasteiger partial charge in [0.2, 0.25) is 0 Å². The summed E-state index contributed by atoms with van der Waals surface area (Å²) in [6.45, 7) is 9.51. The van der Waals surface area contributed by atoms with E-state index in [4.69, 9.17) is 0 Å². The number of carboxylic acids is 3. The third-order valence-corrected chi connectivity index (χ3v) is 2.50. The molecule has 0 aliphatic heterocycles. The molecule has 0 aliphatic rings. The van der Waals surface area contributed by atoms with E-state index in [9.17, 15) is 44.1 Å². The molecule has 168 valence electrons. The van der Waals surface area contributed by atoms with Gasteiger partial charge in [-0.25, -0.2) is 14.4 Å². The molecular weight excluding hydrogens is 547 g/mol. The van der Waals surface area contributed by atoms with Crippen LogP contribution >= 0.6 is 0 Å². The third kappa shape index (κ3) is 23.4. The fraction of sp³-hybridized carbons (Fsp3) is 0.333. The Morgan fingerprint density at radius 1 is 0.548 bits per heavy atom. The number of carbonyl (C=O) groups is 6. The molecule has 0 radical (unpaired) electrons. The normalized spacial score (nSPS) is 8.23. The van der Waals surface area contributed by atoms with E-state index in [1.54, 1.807) is 0 Å². The average Bonchev–Trinajstić information content (AvgIpc) is 2.65. The first-order chi connectivity index (χ1) is 13.7. The van der Waals surface area contributed by atoms with E-state index in [2.05, 4.69) is 33.9 Å². The number of aliphatic carboxylic acids is 3. The second kappa shape index (κ2) is 20.5. The fourth-order valence-electron chi connectivity index (χ4n) is 1.17. The van der Waals surface area contributed by atoms with Gasteiger partial charge in [0, 0.05) is 53.9 Å². The van der Waals surface area contributed by atoms with Gasteiger partial charge in [0.15, 0.2) is 0 Å². The zero-order valence-corrected chi connectivity index (χ0v) is 20.8. The van der Waals surface area contributed by atoms with E-state index >= 15 is 0 Å². The molecule has 0 rings (SSSR count). The van der Waals surface area contributed by atoms with Crippen LogP contribution in [0.4, 0.5) is 0 Å². The predicted molar refractivity (Wildman–Crippen MR) is 92.3 cm³/mol. The number of esters is 3. The molecule has 0 aromatic heterocycles. The summed E-state index contributed by atoms with van der Waals surface area (Å²) in [5, 5.41) is 29.6. The topological polar surface area (TPSA) is 199 Å². The number of hydrogen-bond acceptors (Lipinski definition) is 12. The van der Waals surface area contributed by atoms with Crippen LogP contribution in [-0.2, 0) is 43.0 Å². The first kappa shape index (κ1) is 35.7. The number of carbonyl (C=O) groups excluding carboxylic acids is 6. The van der Waals surface area contributed by atoms with Crippen molar-refractivity contribution in [2.24, 2.45) is 0 Å². The molecule has 31 heavy (non-hydrogen) atoms. The molecule has 12 nitrogen and oxygen atoms in total. The summed E-state index contributed by atoms with van der Waals surface area (Å²) in [5.41, 5.74) is -0.326. The van der Waals surface area contributed by atoms with Crippen LogP contribution in [0.5, 0.6) is 0 Å². The van der Waals surface area contributed by atoms with Gasteiger partial charge >= 0.3 is 53.5 Å². The maximum Gasteiger partial charge on any atom is 3.00 e. The molecule has 0 saturated heterocycles. The van der Waals surface area contributed by atoms with Gasteiger partial charge in [0.25, 0.3) is 0 Å². The molecule has 0 spiro atoms. The van der Waals surface area contributed by atoms with Crippen molar-refractivity contribution >= 4 is 35.8 Å². The molecule has 0 fully saturated rings. The monoisotopic (exact) mass is 568 g/mol. The van der Waals surface area contributed by atoms with E-state index in [1.165, 1.54) is 0 Å². The van der Waals surface area contributed by atoms with E-state index < -0.39 is 55.1 Å². The molecule has 0 N–H and O–H groups in total. The van der Waals surface area contributed by atoms with Crippen LogP contribution in [0.15, 0.2) is 36.5 Å². The number of ether oxygens (including phenoxy) is 3. The van der Waals surface area contributed by atoms with Crippen LogP contribution in [0.1, 0.15) is 19.3 Å². The number of carboxylic acid groups (broad SMARTS) is 3. The second-order valence-corrected chi connectivity index (χ2v) is 4.93. The van der Waals surface area contributed by atoms with Crippen molar-refractivity contribution in [3.05, 3.63) is 36.5 Å². The Hall–Kier alpha value is -2.77. The largest absolute Gasteiger partial charge is 3.00 e. The number of hydrogen-bond donors (Lipinski definition) is 0.